The lowest BCUT2D eigenvalue weighted by Gasteiger charge is -2.37. The fraction of sp³-hybridized carbons (Fsp3) is 0.600. The molecule has 0 bridgehead atoms. The zero-order valence-electron chi connectivity index (χ0n) is 11.6. The van der Waals surface area contributed by atoms with Crippen LogP contribution in [-0.2, 0) is 4.57 Å². The Labute approximate surface area is 111 Å². The molecule has 0 aromatic heterocycles. The minimum Gasteiger partial charge on any atom is -0.336 e. The van der Waals surface area contributed by atoms with Gasteiger partial charge in [-0.05, 0) is 36.3 Å². The van der Waals surface area contributed by atoms with Crippen LogP contribution in [0.1, 0.15) is 33.6 Å². The van der Waals surface area contributed by atoms with Gasteiger partial charge in [0.25, 0.3) is 0 Å². The number of hydrogen-bond acceptors (Lipinski definition) is 1. The third-order valence-electron chi connectivity index (χ3n) is 4.01. The van der Waals surface area contributed by atoms with Crippen LogP contribution in [0.15, 0.2) is 30.3 Å². The normalized spacial score (nSPS) is 28.9. The van der Waals surface area contributed by atoms with E-state index >= 15 is 0 Å². The van der Waals surface area contributed by atoms with Gasteiger partial charge in [-0.3, -0.25) is 0 Å². The molecule has 0 atom stereocenters. The van der Waals surface area contributed by atoms with Crippen LogP contribution in [0.5, 0.6) is 0 Å². The Morgan fingerprint density at radius 1 is 1.11 bits per heavy atom. The van der Waals surface area contributed by atoms with E-state index in [0.29, 0.717) is 11.3 Å². The largest absolute Gasteiger partial charge is 0.336 e. The molecular weight excluding hydrogens is 241 g/mol. The Balaban J connectivity index is 1.98. The van der Waals surface area contributed by atoms with E-state index in [0.717, 1.165) is 30.9 Å². The molecule has 18 heavy (non-hydrogen) atoms. The summed E-state index contributed by atoms with van der Waals surface area (Å²) in [6.07, 6.45) is 3.84. The first-order valence-electron chi connectivity index (χ1n) is 6.80. The maximum atomic E-state index is 12.8. The zero-order valence-corrected chi connectivity index (χ0v) is 12.5. The van der Waals surface area contributed by atoms with Gasteiger partial charge in [0.05, 0.1) is 0 Å². The second-order valence-corrected chi connectivity index (χ2v) is 9.35. The molecule has 0 unspecified atom stereocenters. The molecule has 1 saturated heterocycles. The molecule has 3 heteroatoms. The van der Waals surface area contributed by atoms with Crippen molar-refractivity contribution in [2.45, 2.75) is 33.6 Å². The quantitative estimate of drug-likeness (QED) is 0.776. The summed E-state index contributed by atoms with van der Waals surface area (Å²) in [5, 5.41) is 3.28. The number of hydrogen-bond donors (Lipinski definition) is 1. The van der Waals surface area contributed by atoms with Crippen molar-refractivity contribution >= 4 is 13.0 Å². The van der Waals surface area contributed by atoms with E-state index < -0.39 is 7.29 Å². The van der Waals surface area contributed by atoms with Gasteiger partial charge in [0, 0.05) is 18.0 Å². The number of anilines is 1. The van der Waals surface area contributed by atoms with Gasteiger partial charge in [0.1, 0.15) is 0 Å². The van der Waals surface area contributed by atoms with Gasteiger partial charge < -0.3 is 9.65 Å². The third-order valence-corrected chi connectivity index (χ3v) is 6.64. The Kier molecular flexibility index (Phi) is 3.87. The summed E-state index contributed by atoms with van der Waals surface area (Å²) >= 11 is 0. The highest BCUT2D eigenvalue weighted by atomic mass is 31.2. The number of rotatable bonds is 2. The van der Waals surface area contributed by atoms with Crippen LogP contribution in [0.4, 0.5) is 5.69 Å². The summed E-state index contributed by atoms with van der Waals surface area (Å²) in [5.74, 6) is 0.706. The van der Waals surface area contributed by atoms with Gasteiger partial charge in [0.2, 0.25) is 0 Å². The molecule has 0 spiro atoms. The predicted octanol–water partition coefficient (Wildman–Crippen LogP) is 4.83. The first-order valence-corrected chi connectivity index (χ1v) is 8.88. The standard InChI is InChI=1S/C15H24NOP/c1-15(2,3)13-9-11-18(17,12-10-13)16-14-7-5-4-6-8-14/h4-8,13H,9-12H2,1-3H3,(H,16,17). The average Bonchev–Trinajstić information content (AvgIpc) is 2.29. The van der Waals surface area contributed by atoms with Crippen LogP contribution in [0.2, 0.25) is 0 Å². The van der Waals surface area contributed by atoms with E-state index in [1.54, 1.807) is 0 Å². The van der Waals surface area contributed by atoms with Crippen molar-refractivity contribution in [3.8, 4) is 0 Å². The van der Waals surface area contributed by atoms with Gasteiger partial charge >= 0.3 is 0 Å². The highest BCUT2D eigenvalue weighted by molar-refractivity contribution is 7.65. The molecule has 1 N–H and O–H groups in total. The molecule has 2 nitrogen and oxygen atoms in total. The Morgan fingerprint density at radius 3 is 2.17 bits per heavy atom. The highest BCUT2D eigenvalue weighted by Crippen LogP contribution is 2.53. The van der Waals surface area contributed by atoms with E-state index in [9.17, 15) is 4.57 Å². The minimum absolute atomic E-state index is 0.345. The second kappa shape index (κ2) is 5.09. The van der Waals surface area contributed by atoms with E-state index in [-0.39, 0.29) is 0 Å². The molecule has 0 aliphatic carbocycles. The number of para-hydroxylation sites is 1. The summed E-state index contributed by atoms with van der Waals surface area (Å²) < 4.78 is 12.8. The van der Waals surface area contributed by atoms with Crippen molar-refractivity contribution < 1.29 is 4.57 Å². The molecular formula is C15H24NOP. The lowest BCUT2D eigenvalue weighted by Crippen LogP contribution is -2.27. The van der Waals surface area contributed by atoms with Gasteiger partial charge in [-0.1, -0.05) is 39.0 Å². The maximum absolute atomic E-state index is 12.8. The fourth-order valence-corrected chi connectivity index (χ4v) is 5.24. The third kappa shape index (κ3) is 3.38. The van der Waals surface area contributed by atoms with Crippen molar-refractivity contribution in [3.63, 3.8) is 0 Å². The molecule has 1 heterocycles. The Hall–Kier alpha value is -0.750. The van der Waals surface area contributed by atoms with Crippen LogP contribution in [0, 0.1) is 11.3 Å². The molecule has 2 rings (SSSR count). The molecule has 100 valence electrons. The van der Waals surface area contributed by atoms with Crippen molar-refractivity contribution in [2.75, 3.05) is 17.4 Å². The van der Waals surface area contributed by atoms with Crippen LogP contribution in [0.3, 0.4) is 0 Å². The monoisotopic (exact) mass is 265 g/mol. The topological polar surface area (TPSA) is 29.1 Å². The molecule has 0 saturated carbocycles. The van der Waals surface area contributed by atoms with Gasteiger partial charge in [-0.2, -0.15) is 0 Å². The van der Waals surface area contributed by atoms with Crippen LogP contribution in [0.25, 0.3) is 0 Å². The number of benzene rings is 1. The average molecular weight is 265 g/mol. The van der Waals surface area contributed by atoms with Crippen molar-refractivity contribution in [1.29, 1.82) is 0 Å². The molecule has 1 aliphatic heterocycles. The summed E-state index contributed by atoms with van der Waals surface area (Å²) in [4.78, 5) is 0. The van der Waals surface area contributed by atoms with Crippen molar-refractivity contribution in [2.24, 2.45) is 11.3 Å². The Morgan fingerprint density at radius 2 is 1.67 bits per heavy atom. The molecule has 1 aromatic carbocycles. The van der Waals surface area contributed by atoms with Crippen LogP contribution in [-0.4, -0.2) is 12.3 Å². The summed E-state index contributed by atoms with van der Waals surface area (Å²) in [6.45, 7) is 6.87. The molecule has 0 radical (unpaired) electrons. The second-order valence-electron chi connectivity index (χ2n) is 6.45. The van der Waals surface area contributed by atoms with Crippen LogP contribution < -0.4 is 5.09 Å². The van der Waals surface area contributed by atoms with Crippen molar-refractivity contribution in [3.05, 3.63) is 30.3 Å². The minimum atomic E-state index is -2.19. The molecule has 1 aromatic rings. The predicted molar refractivity (Wildman–Crippen MR) is 79.6 cm³/mol. The first kappa shape index (κ1) is 13.7. The molecule has 1 fully saturated rings. The van der Waals surface area contributed by atoms with E-state index in [1.165, 1.54) is 0 Å². The molecule has 1 aliphatic rings. The van der Waals surface area contributed by atoms with Crippen molar-refractivity contribution in [1.82, 2.24) is 0 Å². The molecule has 0 amide bonds. The van der Waals surface area contributed by atoms with Crippen LogP contribution >= 0.6 is 7.29 Å². The smallest absolute Gasteiger partial charge is 0.169 e. The first-order chi connectivity index (χ1) is 8.39. The zero-order chi connectivity index (χ0) is 13.2. The SMILES string of the molecule is CC(C)(C)C1CCP(=O)(Nc2ccccc2)CC1. The number of nitrogens with one attached hydrogen (secondary N) is 1. The van der Waals surface area contributed by atoms with Gasteiger partial charge in [0.15, 0.2) is 7.29 Å². The fourth-order valence-electron chi connectivity index (χ4n) is 2.71. The summed E-state index contributed by atoms with van der Waals surface area (Å²) in [6, 6.07) is 9.94. The van der Waals surface area contributed by atoms with Gasteiger partial charge in [-0.25, -0.2) is 0 Å². The van der Waals surface area contributed by atoms with E-state index in [1.807, 2.05) is 30.3 Å². The summed E-state index contributed by atoms with van der Waals surface area (Å²) in [7, 11) is -2.19. The Bertz CT molecular complexity index is 424. The lowest BCUT2D eigenvalue weighted by atomic mass is 9.77. The highest BCUT2D eigenvalue weighted by Gasteiger charge is 2.34. The maximum Gasteiger partial charge on any atom is 0.169 e. The van der Waals surface area contributed by atoms with E-state index in [2.05, 4.69) is 25.9 Å². The van der Waals surface area contributed by atoms with Gasteiger partial charge in [-0.15, -0.1) is 0 Å². The van der Waals surface area contributed by atoms with E-state index in [4.69, 9.17) is 0 Å². The summed E-state index contributed by atoms with van der Waals surface area (Å²) in [5.41, 5.74) is 1.34. The lowest BCUT2D eigenvalue weighted by molar-refractivity contribution is 0.222.